The molecule has 0 aliphatic rings. The molecule has 0 aliphatic heterocycles. The minimum Gasteiger partial charge on any atom is -0.486 e. The second-order valence-electron chi connectivity index (χ2n) is 7.34. The molecule has 0 saturated heterocycles. The maximum Gasteiger partial charge on any atom is 0.267 e. The summed E-state index contributed by atoms with van der Waals surface area (Å²) in [6, 6.07) is 13.4. The second-order valence-corrected chi connectivity index (χ2v) is 8.86. The van der Waals surface area contributed by atoms with E-state index in [1.807, 2.05) is 0 Å². The van der Waals surface area contributed by atoms with Crippen LogP contribution in [0.2, 0.25) is 5.02 Å². The fraction of sp³-hybridized carbons (Fsp3) is 0.174. The van der Waals surface area contributed by atoms with Crippen LogP contribution in [-0.4, -0.2) is 31.6 Å². The molecular weight excluding hydrogens is 476 g/mol. The molecule has 4 rings (SSSR count). The predicted molar refractivity (Wildman–Crippen MR) is 130 cm³/mol. The Hall–Kier alpha value is -3.76. The minimum atomic E-state index is -0.506. The highest BCUT2D eigenvalue weighted by atomic mass is 35.5. The summed E-state index contributed by atoms with van der Waals surface area (Å²) in [5.74, 6) is 0.186. The Kier molecular flexibility index (Phi) is 7.19. The lowest BCUT2D eigenvalue weighted by Gasteiger charge is -2.12. The zero-order chi connectivity index (χ0) is 24.1. The number of ether oxygens (including phenoxy) is 1. The summed E-state index contributed by atoms with van der Waals surface area (Å²) < 4.78 is 7.18. The molecule has 0 saturated carbocycles. The number of anilines is 2. The molecule has 2 amide bonds. The molecule has 0 aliphatic carbocycles. The van der Waals surface area contributed by atoms with E-state index in [0.29, 0.717) is 37.7 Å². The average molecular weight is 497 g/mol. The van der Waals surface area contributed by atoms with Crippen molar-refractivity contribution in [3.63, 3.8) is 0 Å². The summed E-state index contributed by atoms with van der Waals surface area (Å²) in [5, 5.41) is 11.0. The molecule has 2 N–H and O–H groups in total. The normalized spacial score (nSPS) is 11.6. The Bertz CT molecular complexity index is 1270. The summed E-state index contributed by atoms with van der Waals surface area (Å²) >= 11 is 7.16. The van der Waals surface area contributed by atoms with Crippen LogP contribution in [0.15, 0.2) is 61.2 Å². The molecule has 0 bridgehead atoms. The first-order chi connectivity index (χ1) is 16.4. The number of aryl methyl sites for hydroxylation is 1. The number of rotatable bonds is 8. The van der Waals surface area contributed by atoms with Crippen molar-refractivity contribution in [3.8, 4) is 5.75 Å². The summed E-state index contributed by atoms with van der Waals surface area (Å²) in [4.78, 5) is 33.9. The first kappa shape index (κ1) is 23.4. The van der Waals surface area contributed by atoms with E-state index in [2.05, 4.69) is 25.7 Å². The maximum atomic E-state index is 12.8. The van der Waals surface area contributed by atoms with Gasteiger partial charge in [-0.05, 0) is 62.4 Å². The molecule has 34 heavy (non-hydrogen) atoms. The van der Waals surface area contributed by atoms with Gasteiger partial charge in [0.2, 0.25) is 5.91 Å². The maximum absolute atomic E-state index is 12.8. The van der Waals surface area contributed by atoms with Crippen molar-refractivity contribution in [2.45, 2.75) is 26.5 Å². The summed E-state index contributed by atoms with van der Waals surface area (Å²) in [5.41, 5.74) is 1.83. The number of thiazole rings is 1. The van der Waals surface area contributed by atoms with Crippen molar-refractivity contribution < 1.29 is 14.3 Å². The monoisotopic (exact) mass is 496 g/mol. The van der Waals surface area contributed by atoms with E-state index < -0.39 is 6.04 Å². The van der Waals surface area contributed by atoms with Crippen LogP contribution in [0, 0.1) is 6.92 Å². The van der Waals surface area contributed by atoms with Crippen molar-refractivity contribution in [3.05, 3.63) is 81.8 Å². The third-order valence-electron chi connectivity index (χ3n) is 4.85. The van der Waals surface area contributed by atoms with E-state index in [0.717, 1.165) is 0 Å². The van der Waals surface area contributed by atoms with Gasteiger partial charge in [0.25, 0.3) is 5.91 Å². The highest BCUT2D eigenvalue weighted by Gasteiger charge is 2.17. The van der Waals surface area contributed by atoms with Crippen molar-refractivity contribution >= 4 is 46.1 Å². The fourth-order valence-corrected chi connectivity index (χ4v) is 4.01. The first-order valence-corrected chi connectivity index (χ1v) is 11.5. The van der Waals surface area contributed by atoms with Crippen molar-refractivity contribution in [2.75, 3.05) is 10.6 Å². The van der Waals surface area contributed by atoms with E-state index in [4.69, 9.17) is 16.3 Å². The molecule has 2 aromatic heterocycles. The van der Waals surface area contributed by atoms with Crippen LogP contribution in [0.1, 0.15) is 33.3 Å². The number of carbonyl (C=O) groups excluding carboxylic acids is 2. The molecule has 9 nitrogen and oxygen atoms in total. The number of carbonyl (C=O) groups is 2. The SMILES string of the molecule is Cc1nc(COc2ccc(Cl)cc2)sc1C(=O)Nc1ccc(NC(=O)C(C)n2cncn2)cc1. The number of amides is 2. The van der Waals surface area contributed by atoms with Crippen LogP contribution in [0.3, 0.4) is 0 Å². The van der Waals surface area contributed by atoms with Crippen molar-refractivity contribution in [2.24, 2.45) is 0 Å². The topological polar surface area (TPSA) is 111 Å². The van der Waals surface area contributed by atoms with Gasteiger partial charge in [-0.25, -0.2) is 14.6 Å². The molecule has 174 valence electrons. The molecule has 0 radical (unpaired) electrons. The van der Waals surface area contributed by atoms with Crippen molar-refractivity contribution in [1.82, 2.24) is 19.7 Å². The molecule has 2 heterocycles. The molecule has 2 aromatic carbocycles. The van der Waals surface area contributed by atoms with Crippen LogP contribution in [-0.2, 0) is 11.4 Å². The van der Waals surface area contributed by atoms with Crippen LogP contribution < -0.4 is 15.4 Å². The Morgan fingerprint density at radius 3 is 2.41 bits per heavy atom. The molecule has 4 aromatic rings. The van der Waals surface area contributed by atoms with Crippen LogP contribution >= 0.6 is 22.9 Å². The van der Waals surface area contributed by atoms with E-state index >= 15 is 0 Å². The summed E-state index contributed by atoms with van der Waals surface area (Å²) in [6.07, 6.45) is 2.86. The first-order valence-electron chi connectivity index (χ1n) is 10.3. The average Bonchev–Trinajstić information content (AvgIpc) is 3.49. The number of nitrogens with one attached hydrogen (secondary N) is 2. The van der Waals surface area contributed by atoms with Gasteiger partial charge < -0.3 is 15.4 Å². The standard InChI is InChI=1S/C23H21ClN6O3S/c1-14-21(34-20(27-14)11-33-19-9-3-16(24)4-10-19)23(32)29-18-7-5-17(6-8-18)28-22(31)15(2)30-13-25-12-26-30/h3-10,12-13,15H,11H2,1-2H3,(H,28,31)(H,29,32). The van der Waals surface area contributed by atoms with Gasteiger partial charge in [0.1, 0.15) is 40.9 Å². The minimum absolute atomic E-state index is 0.226. The van der Waals surface area contributed by atoms with E-state index in [9.17, 15) is 9.59 Å². The second kappa shape index (κ2) is 10.4. The van der Waals surface area contributed by atoms with E-state index in [1.54, 1.807) is 62.4 Å². The molecule has 0 spiro atoms. The largest absolute Gasteiger partial charge is 0.486 e. The quantitative estimate of drug-likeness (QED) is 0.365. The lowest BCUT2D eigenvalue weighted by molar-refractivity contribution is -0.119. The van der Waals surface area contributed by atoms with Gasteiger partial charge in [0.15, 0.2) is 0 Å². The lowest BCUT2D eigenvalue weighted by atomic mass is 10.2. The van der Waals surface area contributed by atoms with Gasteiger partial charge >= 0.3 is 0 Å². The van der Waals surface area contributed by atoms with Gasteiger partial charge in [-0.2, -0.15) is 5.10 Å². The van der Waals surface area contributed by atoms with Crippen LogP contribution in [0.4, 0.5) is 11.4 Å². The number of hydrogen-bond donors (Lipinski definition) is 2. The highest BCUT2D eigenvalue weighted by Crippen LogP contribution is 2.23. The van der Waals surface area contributed by atoms with Crippen LogP contribution in [0.25, 0.3) is 0 Å². The number of aromatic nitrogens is 4. The molecular formula is C23H21ClN6O3S. The molecule has 1 unspecified atom stereocenters. The third kappa shape index (κ3) is 5.77. The Morgan fingerprint density at radius 2 is 1.76 bits per heavy atom. The highest BCUT2D eigenvalue weighted by molar-refractivity contribution is 7.13. The van der Waals surface area contributed by atoms with Gasteiger partial charge in [0, 0.05) is 16.4 Å². The van der Waals surface area contributed by atoms with E-state index in [-0.39, 0.29) is 18.4 Å². The van der Waals surface area contributed by atoms with Gasteiger partial charge in [-0.3, -0.25) is 9.59 Å². The Labute approximate surface area is 204 Å². The third-order valence-corrected chi connectivity index (χ3v) is 6.23. The zero-order valence-corrected chi connectivity index (χ0v) is 19.9. The van der Waals surface area contributed by atoms with Crippen LogP contribution in [0.5, 0.6) is 5.75 Å². The number of nitrogens with zero attached hydrogens (tertiary/aromatic N) is 4. The fourth-order valence-electron chi connectivity index (χ4n) is 3.01. The predicted octanol–water partition coefficient (Wildman–Crippen LogP) is 4.73. The smallest absolute Gasteiger partial charge is 0.267 e. The van der Waals surface area contributed by atoms with Gasteiger partial charge in [0.05, 0.1) is 5.69 Å². The van der Waals surface area contributed by atoms with Gasteiger partial charge in [-0.1, -0.05) is 11.6 Å². The van der Waals surface area contributed by atoms with Gasteiger partial charge in [-0.15, -0.1) is 11.3 Å². The summed E-state index contributed by atoms with van der Waals surface area (Å²) in [6.45, 7) is 3.76. The zero-order valence-electron chi connectivity index (χ0n) is 18.4. The molecule has 11 heteroatoms. The summed E-state index contributed by atoms with van der Waals surface area (Å²) in [7, 11) is 0. The molecule has 1 atom stereocenters. The lowest BCUT2D eigenvalue weighted by Crippen LogP contribution is -2.24. The number of halogens is 1. The number of hydrogen-bond acceptors (Lipinski definition) is 7. The number of benzene rings is 2. The van der Waals surface area contributed by atoms with Crippen molar-refractivity contribution in [1.29, 1.82) is 0 Å². The van der Waals surface area contributed by atoms with E-state index in [1.165, 1.54) is 28.7 Å². The molecule has 0 fully saturated rings. The Balaban J connectivity index is 1.33. The Morgan fingerprint density at radius 1 is 1.09 bits per heavy atom.